The quantitative estimate of drug-likeness (QED) is 0.557. The largest absolute Gasteiger partial charge is 0.442 e. The molecule has 0 aliphatic heterocycles. The lowest BCUT2D eigenvalue weighted by Gasteiger charge is -2.27. The fourth-order valence-corrected chi connectivity index (χ4v) is 3.40. The third-order valence-electron chi connectivity index (χ3n) is 4.69. The second-order valence-corrected chi connectivity index (χ2v) is 8.12. The highest BCUT2D eigenvalue weighted by molar-refractivity contribution is 6.23. The minimum Gasteiger partial charge on any atom is -0.442 e. The van der Waals surface area contributed by atoms with Crippen molar-refractivity contribution >= 4 is 23.4 Å². The summed E-state index contributed by atoms with van der Waals surface area (Å²) in [6, 6.07) is 9.49. The number of ether oxygens (including phenoxy) is 1. The van der Waals surface area contributed by atoms with Crippen LogP contribution < -0.4 is 0 Å². The summed E-state index contributed by atoms with van der Waals surface area (Å²) in [6.45, 7) is 7.25. The predicted octanol–water partition coefficient (Wildman–Crippen LogP) is 4.34. The van der Waals surface area contributed by atoms with Crippen LogP contribution in [0.3, 0.4) is 0 Å². The second-order valence-electron chi connectivity index (χ2n) is 8.12. The van der Waals surface area contributed by atoms with Gasteiger partial charge in [-0.05, 0) is 45.6 Å². The molecule has 1 aromatic carbocycles. The summed E-state index contributed by atoms with van der Waals surface area (Å²) in [4.78, 5) is 38.2. The minimum atomic E-state index is -0.899. The zero-order valence-electron chi connectivity index (χ0n) is 17.4. The van der Waals surface area contributed by atoms with Crippen LogP contribution in [-0.2, 0) is 14.3 Å². The Hall–Kier alpha value is -2.50. The summed E-state index contributed by atoms with van der Waals surface area (Å²) in [5, 5.41) is 5.40. The smallest absolute Gasteiger partial charge is 0.430 e. The maximum Gasteiger partial charge on any atom is 0.430 e. The van der Waals surface area contributed by atoms with E-state index < -0.39 is 17.6 Å². The van der Waals surface area contributed by atoms with Crippen LogP contribution in [-0.4, -0.2) is 41.0 Å². The van der Waals surface area contributed by atoms with E-state index in [0.717, 1.165) is 10.6 Å². The Bertz CT molecular complexity index is 750. The molecule has 2 rings (SSSR count). The zero-order chi connectivity index (χ0) is 20.9. The van der Waals surface area contributed by atoms with E-state index in [0.29, 0.717) is 31.4 Å². The third-order valence-corrected chi connectivity index (χ3v) is 4.69. The van der Waals surface area contributed by atoms with E-state index in [9.17, 15) is 14.4 Å². The predicted molar refractivity (Wildman–Crippen MR) is 108 cm³/mol. The van der Waals surface area contributed by atoms with Gasteiger partial charge in [0, 0.05) is 19.4 Å². The number of carbonyl (C=O) groups excluding carboxylic acids is 3. The first kappa shape index (κ1) is 21.8. The van der Waals surface area contributed by atoms with Crippen molar-refractivity contribution in [2.24, 2.45) is 11.0 Å². The van der Waals surface area contributed by atoms with E-state index in [1.807, 2.05) is 37.3 Å². The molecule has 0 N–H and O–H groups in total. The van der Waals surface area contributed by atoms with Gasteiger partial charge in [-0.3, -0.25) is 9.59 Å². The SMILES string of the molecule is CCC(C(=O)C1C(=O)CCC/C1=N/N(C)C(=O)OC(C)(C)C)c1ccccc1. The molecule has 0 heterocycles. The van der Waals surface area contributed by atoms with E-state index in [1.165, 1.54) is 7.05 Å². The van der Waals surface area contributed by atoms with Crippen molar-refractivity contribution < 1.29 is 19.1 Å². The van der Waals surface area contributed by atoms with Gasteiger partial charge < -0.3 is 4.74 Å². The van der Waals surface area contributed by atoms with Gasteiger partial charge >= 0.3 is 6.09 Å². The summed E-state index contributed by atoms with van der Waals surface area (Å²) in [7, 11) is 1.48. The van der Waals surface area contributed by atoms with Crippen LogP contribution in [0.25, 0.3) is 0 Å². The molecule has 28 heavy (non-hydrogen) atoms. The average Bonchev–Trinajstić information content (AvgIpc) is 2.61. The van der Waals surface area contributed by atoms with Crippen molar-refractivity contribution in [3.8, 4) is 0 Å². The molecule has 2 atom stereocenters. The van der Waals surface area contributed by atoms with Gasteiger partial charge in [0.05, 0.1) is 5.71 Å². The number of benzene rings is 1. The Balaban J connectivity index is 2.29. The third kappa shape index (κ3) is 5.50. The van der Waals surface area contributed by atoms with Gasteiger partial charge in [-0.25, -0.2) is 9.80 Å². The van der Waals surface area contributed by atoms with Gasteiger partial charge in [-0.2, -0.15) is 5.10 Å². The Labute approximate surface area is 166 Å². The summed E-state index contributed by atoms with van der Waals surface area (Å²) < 4.78 is 5.31. The molecule has 0 saturated heterocycles. The Morgan fingerprint density at radius 1 is 1.21 bits per heavy atom. The lowest BCUT2D eigenvalue weighted by atomic mass is 9.76. The number of amides is 1. The van der Waals surface area contributed by atoms with Crippen molar-refractivity contribution in [1.29, 1.82) is 0 Å². The molecule has 1 amide bonds. The van der Waals surface area contributed by atoms with Crippen molar-refractivity contribution in [1.82, 2.24) is 5.01 Å². The van der Waals surface area contributed by atoms with Crippen LogP contribution in [0.2, 0.25) is 0 Å². The summed E-state index contributed by atoms with van der Waals surface area (Å²) in [6.07, 6.45) is 1.49. The van der Waals surface area contributed by atoms with Crippen LogP contribution >= 0.6 is 0 Å². The number of hydrogen-bond acceptors (Lipinski definition) is 5. The van der Waals surface area contributed by atoms with E-state index in [1.54, 1.807) is 20.8 Å². The first-order chi connectivity index (χ1) is 13.1. The number of hydrazone groups is 1. The van der Waals surface area contributed by atoms with Gasteiger partial charge in [0.15, 0.2) is 5.78 Å². The molecule has 1 aromatic rings. The number of Topliss-reactive ketones (excluding diaryl/α,β-unsaturated/α-hetero) is 2. The molecular formula is C22H30N2O4. The molecule has 0 aromatic heterocycles. The molecular weight excluding hydrogens is 356 g/mol. The Kier molecular flexibility index (Phi) is 7.11. The van der Waals surface area contributed by atoms with Crippen molar-refractivity contribution in [3.05, 3.63) is 35.9 Å². The van der Waals surface area contributed by atoms with E-state index in [2.05, 4.69) is 5.10 Å². The van der Waals surface area contributed by atoms with Crippen molar-refractivity contribution in [2.45, 2.75) is 64.9 Å². The molecule has 1 fully saturated rings. The summed E-state index contributed by atoms with van der Waals surface area (Å²) >= 11 is 0. The van der Waals surface area contributed by atoms with Crippen LogP contribution in [0.5, 0.6) is 0 Å². The topological polar surface area (TPSA) is 76.0 Å². The van der Waals surface area contributed by atoms with Crippen molar-refractivity contribution in [2.75, 3.05) is 7.05 Å². The number of hydrogen-bond donors (Lipinski definition) is 0. The minimum absolute atomic E-state index is 0.123. The first-order valence-electron chi connectivity index (χ1n) is 9.79. The van der Waals surface area contributed by atoms with Gasteiger partial charge in [0.25, 0.3) is 0 Å². The summed E-state index contributed by atoms with van der Waals surface area (Å²) in [5.41, 5.74) is 0.696. The fourth-order valence-electron chi connectivity index (χ4n) is 3.40. The number of carbonyl (C=O) groups is 3. The van der Waals surface area contributed by atoms with Crippen LogP contribution in [0.4, 0.5) is 4.79 Å². The van der Waals surface area contributed by atoms with Crippen LogP contribution in [0.1, 0.15) is 64.9 Å². The lowest BCUT2D eigenvalue weighted by molar-refractivity contribution is -0.131. The zero-order valence-corrected chi connectivity index (χ0v) is 17.4. The summed E-state index contributed by atoms with van der Waals surface area (Å²) in [5.74, 6) is -1.54. The molecule has 0 radical (unpaired) electrons. The highest BCUT2D eigenvalue weighted by Gasteiger charge is 2.38. The van der Waals surface area contributed by atoms with E-state index in [4.69, 9.17) is 4.74 Å². The molecule has 6 nitrogen and oxygen atoms in total. The van der Waals surface area contributed by atoms with Crippen LogP contribution in [0.15, 0.2) is 35.4 Å². The maximum atomic E-state index is 13.3. The molecule has 0 spiro atoms. The molecule has 1 aliphatic carbocycles. The van der Waals surface area contributed by atoms with Gasteiger partial charge in [-0.1, -0.05) is 37.3 Å². The maximum absolute atomic E-state index is 13.3. The highest BCUT2D eigenvalue weighted by atomic mass is 16.6. The van der Waals surface area contributed by atoms with Crippen LogP contribution in [0, 0.1) is 5.92 Å². The molecule has 6 heteroatoms. The monoisotopic (exact) mass is 386 g/mol. The standard InChI is InChI=1S/C22H30N2O4/c1-6-16(15-11-8-7-9-12-15)20(26)19-17(13-10-14-18(19)25)23-24(5)21(27)28-22(2,3)4/h7-9,11-12,16,19H,6,10,13-14H2,1-5H3/b23-17-. The number of ketones is 2. The highest BCUT2D eigenvalue weighted by Crippen LogP contribution is 2.29. The van der Waals surface area contributed by atoms with E-state index in [-0.39, 0.29) is 17.5 Å². The molecule has 1 aliphatic rings. The lowest BCUT2D eigenvalue weighted by Crippen LogP contribution is -2.40. The number of rotatable bonds is 5. The van der Waals surface area contributed by atoms with Gasteiger partial charge in [0.2, 0.25) is 0 Å². The van der Waals surface area contributed by atoms with Crippen molar-refractivity contribution in [3.63, 3.8) is 0 Å². The molecule has 1 saturated carbocycles. The first-order valence-corrected chi connectivity index (χ1v) is 9.79. The molecule has 152 valence electrons. The normalized spacial score (nSPS) is 20.0. The Morgan fingerprint density at radius 3 is 2.43 bits per heavy atom. The average molecular weight is 386 g/mol. The van der Waals surface area contributed by atoms with E-state index >= 15 is 0 Å². The second kappa shape index (κ2) is 9.13. The molecule has 2 unspecified atom stereocenters. The van der Waals surface area contributed by atoms with Gasteiger partial charge in [0.1, 0.15) is 17.3 Å². The molecule has 0 bridgehead atoms. The Morgan fingerprint density at radius 2 is 1.86 bits per heavy atom. The fraction of sp³-hybridized carbons (Fsp3) is 0.545. The number of nitrogens with zero attached hydrogens (tertiary/aromatic N) is 2. The van der Waals surface area contributed by atoms with Gasteiger partial charge in [-0.15, -0.1) is 0 Å².